The lowest BCUT2D eigenvalue weighted by atomic mass is 9.98. The predicted octanol–water partition coefficient (Wildman–Crippen LogP) is 4.76. The van der Waals surface area contributed by atoms with E-state index < -0.39 is 0 Å². The van der Waals surface area contributed by atoms with Gasteiger partial charge in [-0.25, -0.2) is 5.43 Å². The van der Waals surface area contributed by atoms with Gasteiger partial charge < -0.3 is 0 Å². The minimum Gasteiger partial charge on any atom is -0.271 e. The van der Waals surface area contributed by atoms with Gasteiger partial charge in [-0.15, -0.1) is 11.3 Å². The van der Waals surface area contributed by atoms with Gasteiger partial charge in [-0.1, -0.05) is 59.6 Å². The fraction of sp³-hybridized carbons (Fsp3) is 0.0667. The molecule has 0 aliphatic carbocycles. The van der Waals surface area contributed by atoms with Crippen molar-refractivity contribution >= 4 is 45.3 Å². The van der Waals surface area contributed by atoms with Gasteiger partial charge in [0.1, 0.15) is 0 Å². The highest BCUT2D eigenvalue weighted by Crippen LogP contribution is 2.37. The number of thiophene rings is 1. The van der Waals surface area contributed by atoms with Gasteiger partial charge in [-0.05, 0) is 28.5 Å². The van der Waals surface area contributed by atoms with Crippen molar-refractivity contribution in [1.82, 2.24) is 5.43 Å². The maximum absolute atomic E-state index is 6.23. The molecule has 3 N–H and O–H groups in total. The fourth-order valence-corrected chi connectivity index (χ4v) is 3.83. The van der Waals surface area contributed by atoms with Crippen molar-refractivity contribution in [3.05, 3.63) is 68.3 Å². The molecule has 0 saturated heterocycles. The van der Waals surface area contributed by atoms with Gasteiger partial charge in [0, 0.05) is 5.56 Å². The van der Waals surface area contributed by atoms with Crippen molar-refractivity contribution in [1.29, 1.82) is 0 Å². The Kier molecular flexibility index (Phi) is 3.96. The first-order valence-electron chi connectivity index (χ1n) is 6.08. The number of nitrogens with two attached hydrogens (primary N) is 1. The number of fused-ring (bicyclic) bond motifs is 1. The Labute approximate surface area is 131 Å². The third-order valence-corrected chi connectivity index (χ3v) is 4.79. The SMILES string of the molecule is NNC(c1ccc2ccccc2c1)c1cc(Cl)sc1Cl. The number of hydrogen-bond donors (Lipinski definition) is 2. The maximum Gasteiger partial charge on any atom is 0.0995 e. The van der Waals surface area contributed by atoms with E-state index in [4.69, 9.17) is 29.0 Å². The average Bonchev–Trinajstić information content (AvgIpc) is 2.78. The molecule has 0 spiro atoms. The molecule has 102 valence electrons. The fourth-order valence-electron chi connectivity index (χ4n) is 2.30. The molecule has 2 aromatic carbocycles. The maximum atomic E-state index is 6.23. The average molecular weight is 323 g/mol. The van der Waals surface area contributed by atoms with Crippen LogP contribution in [0, 0.1) is 0 Å². The highest BCUT2D eigenvalue weighted by atomic mass is 35.5. The third-order valence-electron chi connectivity index (χ3n) is 3.27. The molecule has 0 amide bonds. The summed E-state index contributed by atoms with van der Waals surface area (Å²) in [5.41, 5.74) is 4.78. The van der Waals surface area contributed by atoms with Crippen LogP contribution < -0.4 is 11.3 Å². The molecule has 0 saturated carbocycles. The molecule has 1 heterocycles. The van der Waals surface area contributed by atoms with Crippen molar-refractivity contribution in [2.24, 2.45) is 5.84 Å². The Hall–Kier alpha value is -1.10. The van der Waals surface area contributed by atoms with E-state index in [1.54, 1.807) is 0 Å². The van der Waals surface area contributed by atoms with Crippen molar-refractivity contribution in [3.8, 4) is 0 Å². The van der Waals surface area contributed by atoms with Crippen LogP contribution in [0.1, 0.15) is 17.2 Å². The molecular formula is C15H12Cl2N2S. The summed E-state index contributed by atoms with van der Waals surface area (Å²) < 4.78 is 1.32. The summed E-state index contributed by atoms with van der Waals surface area (Å²) in [6.07, 6.45) is 0. The first kappa shape index (κ1) is 13.9. The summed E-state index contributed by atoms with van der Waals surface area (Å²) in [5, 5.41) is 2.36. The molecule has 1 aromatic heterocycles. The zero-order valence-electron chi connectivity index (χ0n) is 10.4. The number of rotatable bonds is 3. The third kappa shape index (κ3) is 2.55. The zero-order valence-corrected chi connectivity index (χ0v) is 12.8. The molecule has 20 heavy (non-hydrogen) atoms. The van der Waals surface area contributed by atoms with Gasteiger partial charge in [0.05, 0.1) is 14.7 Å². The minimum absolute atomic E-state index is 0.171. The monoisotopic (exact) mass is 322 g/mol. The van der Waals surface area contributed by atoms with Gasteiger partial charge in [-0.2, -0.15) is 0 Å². The molecule has 0 bridgehead atoms. The summed E-state index contributed by atoms with van der Waals surface area (Å²) in [5.74, 6) is 5.71. The summed E-state index contributed by atoms with van der Waals surface area (Å²) >= 11 is 13.6. The second kappa shape index (κ2) is 5.72. The molecule has 1 atom stereocenters. The van der Waals surface area contributed by atoms with Crippen LogP contribution in [0.4, 0.5) is 0 Å². The second-order valence-corrected chi connectivity index (χ2v) is 6.77. The van der Waals surface area contributed by atoms with E-state index in [1.165, 1.54) is 22.1 Å². The van der Waals surface area contributed by atoms with Gasteiger partial charge >= 0.3 is 0 Å². The Morgan fingerprint density at radius 3 is 2.40 bits per heavy atom. The summed E-state index contributed by atoms with van der Waals surface area (Å²) in [4.78, 5) is 0. The first-order chi connectivity index (χ1) is 9.69. The zero-order chi connectivity index (χ0) is 14.1. The Balaban J connectivity index is 2.09. The summed E-state index contributed by atoms with van der Waals surface area (Å²) in [6, 6.07) is 16.1. The van der Waals surface area contributed by atoms with Crippen LogP contribution in [-0.2, 0) is 0 Å². The minimum atomic E-state index is -0.171. The van der Waals surface area contributed by atoms with Gasteiger partial charge in [0.2, 0.25) is 0 Å². The largest absolute Gasteiger partial charge is 0.271 e. The topological polar surface area (TPSA) is 38.0 Å². The van der Waals surface area contributed by atoms with E-state index in [1.807, 2.05) is 18.2 Å². The van der Waals surface area contributed by atoms with Crippen LogP contribution in [-0.4, -0.2) is 0 Å². The summed E-state index contributed by atoms with van der Waals surface area (Å²) in [7, 11) is 0. The van der Waals surface area contributed by atoms with Crippen molar-refractivity contribution in [3.63, 3.8) is 0 Å². The molecule has 0 aliphatic heterocycles. The van der Waals surface area contributed by atoms with E-state index in [2.05, 4.69) is 35.8 Å². The quantitative estimate of drug-likeness (QED) is 0.539. The van der Waals surface area contributed by atoms with Crippen LogP contribution >= 0.6 is 34.5 Å². The standard InChI is InChI=1S/C15H12Cl2N2S/c16-13-8-12(15(17)20-13)14(19-18)11-6-5-9-3-1-2-4-10(9)7-11/h1-8,14,19H,18H2. The molecule has 5 heteroatoms. The molecule has 3 aromatic rings. The van der Waals surface area contributed by atoms with E-state index in [0.29, 0.717) is 8.67 Å². The second-order valence-electron chi connectivity index (χ2n) is 4.49. The van der Waals surface area contributed by atoms with Gasteiger partial charge in [0.25, 0.3) is 0 Å². The van der Waals surface area contributed by atoms with Crippen LogP contribution in [0.3, 0.4) is 0 Å². The molecule has 0 aliphatic rings. The van der Waals surface area contributed by atoms with E-state index in [-0.39, 0.29) is 6.04 Å². The molecule has 2 nitrogen and oxygen atoms in total. The molecule has 0 radical (unpaired) electrons. The molecule has 0 fully saturated rings. The lowest BCUT2D eigenvalue weighted by Gasteiger charge is -2.16. The van der Waals surface area contributed by atoms with Gasteiger partial charge in [0.15, 0.2) is 0 Å². The summed E-state index contributed by atoms with van der Waals surface area (Å²) in [6.45, 7) is 0. The van der Waals surface area contributed by atoms with Crippen molar-refractivity contribution in [2.75, 3.05) is 0 Å². The number of hydrazine groups is 1. The Morgan fingerprint density at radius 2 is 1.75 bits per heavy atom. The van der Waals surface area contributed by atoms with E-state index >= 15 is 0 Å². The smallest absolute Gasteiger partial charge is 0.0995 e. The number of benzene rings is 2. The molecule has 1 unspecified atom stereocenters. The lowest BCUT2D eigenvalue weighted by molar-refractivity contribution is 0.639. The van der Waals surface area contributed by atoms with Crippen LogP contribution in [0.15, 0.2) is 48.5 Å². The van der Waals surface area contributed by atoms with E-state index in [0.717, 1.165) is 11.1 Å². The first-order valence-corrected chi connectivity index (χ1v) is 7.66. The van der Waals surface area contributed by atoms with Crippen molar-refractivity contribution < 1.29 is 0 Å². The predicted molar refractivity (Wildman–Crippen MR) is 87.5 cm³/mol. The molecule has 3 rings (SSSR count). The Bertz CT molecular complexity index is 754. The van der Waals surface area contributed by atoms with Crippen LogP contribution in [0.2, 0.25) is 8.67 Å². The number of halogens is 2. The number of nitrogens with one attached hydrogen (secondary N) is 1. The lowest BCUT2D eigenvalue weighted by Crippen LogP contribution is -2.28. The number of hydrogen-bond acceptors (Lipinski definition) is 3. The van der Waals surface area contributed by atoms with Crippen molar-refractivity contribution in [2.45, 2.75) is 6.04 Å². The molecular weight excluding hydrogens is 311 g/mol. The van der Waals surface area contributed by atoms with E-state index in [9.17, 15) is 0 Å². The van der Waals surface area contributed by atoms with Crippen LogP contribution in [0.5, 0.6) is 0 Å². The normalized spacial score (nSPS) is 12.8. The Morgan fingerprint density at radius 1 is 1.00 bits per heavy atom. The van der Waals surface area contributed by atoms with Crippen LogP contribution in [0.25, 0.3) is 10.8 Å². The van der Waals surface area contributed by atoms with Gasteiger partial charge in [-0.3, -0.25) is 5.84 Å². The highest BCUT2D eigenvalue weighted by Gasteiger charge is 2.18. The highest BCUT2D eigenvalue weighted by molar-refractivity contribution is 7.20.